The summed E-state index contributed by atoms with van der Waals surface area (Å²) in [5.74, 6) is 1.12. The van der Waals surface area contributed by atoms with Crippen LogP contribution in [0.3, 0.4) is 0 Å². The number of ketones is 1. The lowest BCUT2D eigenvalue weighted by Gasteiger charge is -2.27. The number of aromatic nitrogens is 1. The summed E-state index contributed by atoms with van der Waals surface area (Å²) < 4.78 is 0. The van der Waals surface area contributed by atoms with E-state index in [2.05, 4.69) is 16.8 Å². The van der Waals surface area contributed by atoms with Crippen molar-refractivity contribution in [2.45, 2.75) is 37.6 Å². The van der Waals surface area contributed by atoms with Crippen LogP contribution in [0.4, 0.5) is 5.69 Å². The summed E-state index contributed by atoms with van der Waals surface area (Å²) >= 11 is 1.78. The van der Waals surface area contributed by atoms with Gasteiger partial charge in [0.1, 0.15) is 0 Å². The third-order valence-corrected chi connectivity index (χ3v) is 3.90. The van der Waals surface area contributed by atoms with E-state index < -0.39 is 0 Å². The van der Waals surface area contributed by atoms with Crippen LogP contribution < -0.4 is 4.90 Å². The van der Waals surface area contributed by atoms with Crippen LogP contribution in [0.15, 0.2) is 23.4 Å². The van der Waals surface area contributed by atoms with E-state index in [9.17, 15) is 4.79 Å². The number of carbonyl (C=O) groups excluding carboxylic acids is 1. The first kappa shape index (κ1) is 11.5. The number of anilines is 1. The van der Waals surface area contributed by atoms with E-state index in [1.807, 2.05) is 12.3 Å². The molecule has 1 atom stereocenters. The zero-order valence-corrected chi connectivity index (χ0v) is 10.5. The number of carbonyl (C=O) groups is 1. The van der Waals surface area contributed by atoms with Crippen LogP contribution in [0.2, 0.25) is 0 Å². The summed E-state index contributed by atoms with van der Waals surface area (Å²) in [5.41, 5.74) is 1.11. The maximum atomic E-state index is 11.7. The molecular formula is C12H16N2OS. The van der Waals surface area contributed by atoms with Crippen molar-refractivity contribution in [3.8, 4) is 0 Å². The fourth-order valence-electron chi connectivity index (χ4n) is 2.03. The van der Waals surface area contributed by atoms with Gasteiger partial charge in [0.15, 0.2) is 5.78 Å². The van der Waals surface area contributed by atoms with Crippen LogP contribution in [-0.4, -0.2) is 22.7 Å². The zero-order valence-electron chi connectivity index (χ0n) is 9.64. The quantitative estimate of drug-likeness (QED) is 0.804. The number of hydrogen-bond acceptors (Lipinski definition) is 4. The first-order valence-corrected chi connectivity index (χ1v) is 6.56. The number of Topliss-reactive ketones (excluding diaryl/α,β-unsaturated/α-hetero) is 1. The topological polar surface area (TPSA) is 33.2 Å². The number of rotatable bonds is 4. The van der Waals surface area contributed by atoms with Gasteiger partial charge in [-0.3, -0.25) is 9.78 Å². The Morgan fingerprint density at radius 3 is 3.19 bits per heavy atom. The van der Waals surface area contributed by atoms with E-state index in [0.717, 1.165) is 24.4 Å². The Kier molecular flexibility index (Phi) is 3.49. The average molecular weight is 236 g/mol. The van der Waals surface area contributed by atoms with Gasteiger partial charge in [0.25, 0.3) is 0 Å². The predicted molar refractivity (Wildman–Crippen MR) is 66.8 cm³/mol. The summed E-state index contributed by atoms with van der Waals surface area (Å²) in [5, 5.41) is 0. The monoisotopic (exact) mass is 236 g/mol. The minimum atomic E-state index is 0.0166. The van der Waals surface area contributed by atoms with Gasteiger partial charge < -0.3 is 4.90 Å². The van der Waals surface area contributed by atoms with Crippen molar-refractivity contribution in [3.63, 3.8) is 0 Å². The van der Waals surface area contributed by atoms with Gasteiger partial charge in [0, 0.05) is 11.1 Å². The lowest BCUT2D eigenvalue weighted by atomic mass is 10.1. The van der Waals surface area contributed by atoms with E-state index in [1.165, 1.54) is 4.90 Å². The molecule has 4 heteroatoms. The highest BCUT2D eigenvalue weighted by Crippen LogP contribution is 2.39. The van der Waals surface area contributed by atoms with Gasteiger partial charge in [-0.15, -0.1) is 11.8 Å². The second kappa shape index (κ2) is 4.87. The van der Waals surface area contributed by atoms with Crippen molar-refractivity contribution < 1.29 is 4.79 Å². The second-order valence-electron chi connectivity index (χ2n) is 4.00. The molecule has 16 heavy (non-hydrogen) atoms. The molecule has 0 amide bonds. The maximum absolute atomic E-state index is 11.7. The molecule has 0 aromatic carbocycles. The van der Waals surface area contributed by atoms with Gasteiger partial charge in [0.05, 0.1) is 23.8 Å². The number of pyridine rings is 1. The van der Waals surface area contributed by atoms with Crippen molar-refractivity contribution in [1.82, 2.24) is 4.98 Å². The lowest BCUT2D eigenvalue weighted by molar-refractivity contribution is -0.118. The first-order chi connectivity index (χ1) is 7.74. The molecule has 0 saturated heterocycles. The highest BCUT2D eigenvalue weighted by Gasteiger charge is 2.28. The van der Waals surface area contributed by atoms with Gasteiger partial charge in [-0.05, 0) is 19.4 Å². The third-order valence-electron chi connectivity index (χ3n) is 2.84. The van der Waals surface area contributed by atoms with Crippen LogP contribution in [0, 0.1) is 0 Å². The van der Waals surface area contributed by atoms with Crippen LogP contribution in [0.25, 0.3) is 0 Å². The molecule has 0 radical (unpaired) electrons. The molecule has 1 aliphatic heterocycles. The van der Waals surface area contributed by atoms with E-state index in [-0.39, 0.29) is 11.8 Å². The lowest BCUT2D eigenvalue weighted by Crippen LogP contribution is -2.38. The van der Waals surface area contributed by atoms with E-state index >= 15 is 0 Å². The molecule has 0 bridgehead atoms. The fourth-order valence-corrected chi connectivity index (χ4v) is 3.10. The normalized spacial score (nSPS) is 16.0. The average Bonchev–Trinajstić information content (AvgIpc) is 2.69. The molecule has 1 aliphatic rings. The molecule has 1 aromatic heterocycles. The van der Waals surface area contributed by atoms with Crippen molar-refractivity contribution in [2.75, 3.05) is 10.8 Å². The zero-order chi connectivity index (χ0) is 11.5. The second-order valence-corrected chi connectivity index (χ2v) is 4.99. The Morgan fingerprint density at radius 1 is 1.69 bits per heavy atom. The first-order valence-electron chi connectivity index (χ1n) is 5.58. The number of hydrogen-bond donors (Lipinski definition) is 0. The molecule has 0 aliphatic carbocycles. The molecule has 0 spiro atoms. The largest absolute Gasteiger partial charge is 0.350 e. The molecule has 86 valence electrons. The molecular weight excluding hydrogens is 220 g/mol. The summed E-state index contributed by atoms with van der Waals surface area (Å²) in [6, 6.07) is 2.03. The van der Waals surface area contributed by atoms with E-state index in [0.29, 0.717) is 0 Å². The van der Waals surface area contributed by atoms with Gasteiger partial charge in [-0.2, -0.15) is 0 Å². The maximum Gasteiger partial charge on any atom is 0.152 e. The van der Waals surface area contributed by atoms with Crippen molar-refractivity contribution >= 4 is 23.2 Å². The Balaban J connectivity index is 2.25. The summed E-state index contributed by atoms with van der Waals surface area (Å²) in [4.78, 5) is 19.2. The molecule has 0 saturated carbocycles. The predicted octanol–water partition coefficient (Wildman–Crippen LogP) is 2.71. The molecule has 3 nitrogen and oxygen atoms in total. The molecule has 0 fully saturated rings. The molecule has 1 aromatic rings. The number of nitrogens with zero attached hydrogens (tertiary/aromatic N) is 2. The molecule has 0 N–H and O–H groups in total. The Hall–Kier alpha value is -1.03. The van der Waals surface area contributed by atoms with Crippen LogP contribution in [0.5, 0.6) is 0 Å². The van der Waals surface area contributed by atoms with Crippen LogP contribution in [-0.2, 0) is 4.79 Å². The molecule has 1 unspecified atom stereocenters. The Bertz CT molecular complexity index is 394. The standard InChI is InChI=1S/C12H16N2OS/c1-3-4-10(9(2)15)14-8-16-12-5-6-13-7-11(12)14/h5-7,10H,3-4,8H2,1-2H3. The minimum Gasteiger partial charge on any atom is -0.350 e. The number of thioether (sulfide) groups is 1. The summed E-state index contributed by atoms with van der Waals surface area (Å²) in [6.07, 6.45) is 5.62. The summed E-state index contributed by atoms with van der Waals surface area (Å²) in [7, 11) is 0. The highest BCUT2D eigenvalue weighted by molar-refractivity contribution is 7.99. The van der Waals surface area contributed by atoms with E-state index in [1.54, 1.807) is 24.9 Å². The van der Waals surface area contributed by atoms with Gasteiger partial charge in [-0.25, -0.2) is 0 Å². The van der Waals surface area contributed by atoms with E-state index in [4.69, 9.17) is 0 Å². The molecule has 2 heterocycles. The smallest absolute Gasteiger partial charge is 0.152 e. The Labute approximate surface area is 100 Å². The van der Waals surface area contributed by atoms with Crippen LogP contribution in [0.1, 0.15) is 26.7 Å². The summed E-state index contributed by atoms with van der Waals surface area (Å²) in [6.45, 7) is 3.79. The van der Waals surface area contributed by atoms with Crippen LogP contribution >= 0.6 is 11.8 Å². The number of fused-ring (bicyclic) bond motifs is 1. The van der Waals surface area contributed by atoms with Crippen molar-refractivity contribution in [3.05, 3.63) is 18.5 Å². The molecule has 2 rings (SSSR count). The minimum absolute atomic E-state index is 0.0166. The SMILES string of the molecule is CCCC(C(C)=O)N1CSc2ccncc21. The van der Waals surface area contributed by atoms with Crippen molar-refractivity contribution in [2.24, 2.45) is 0 Å². The van der Waals surface area contributed by atoms with Gasteiger partial charge in [-0.1, -0.05) is 13.3 Å². The van der Waals surface area contributed by atoms with Crippen molar-refractivity contribution in [1.29, 1.82) is 0 Å². The Morgan fingerprint density at radius 2 is 2.50 bits per heavy atom. The highest BCUT2D eigenvalue weighted by atomic mass is 32.2. The van der Waals surface area contributed by atoms with Gasteiger partial charge in [0.2, 0.25) is 0 Å². The third kappa shape index (κ3) is 2.07. The van der Waals surface area contributed by atoms with Gasteiger partial charge >= 0.3 is 0 Å². The fraction of sp³-hybridized carbons (Fsp3) is 0.500.